The Morgan fingerprint density at radius 2 is 2.16 bits per heavy atom. The fraction of sp³-hybridized carbons (Fsp3) is 0.538. The Morgan fingerprint density at radius 3 is 2.79 bits per heavy atom. The second-order valence-corrected chi connectivity index (χ2v) is 4.84. The predicted octanol–water partition coefficient (Wildman–Crippen LogP) is -0.236. The van der Waals surface area contributed by atoms with Crippen LogP contribution in [0.25, 0.3) is 0 Å². The number of amides is 1. The van der Waals surface area contributed by atoms with Crippen LogP contribution in [0.3, 0.4) is 0 Å². The van der Waals surface area contributed by atoms with Gasteiger partial charge in [0.05, 0.1) is 0 Å². The van der Waals surface area contributed by atoms with Crippen molar-refractivity contribution in [1.82, 2.24) is 5.32 Å². The highest BCUT2D eigenvalue weighted by Crippen LogP contribution is 2.33. The van der Waals surface area contributed by atoms with Crippen molar-refractivity contribution in [1.29, 1.82) is 0 Å². The van der Waals surface area contributed by atoms with Crippen molar-refractivity contribution < 1.29 is 24.5 Å². The molecule has 0 spiro atoms. The first-order valence-electron chi connectivity index (χ1n) is 6.23. The molecule has 6 nitrogen and oxygen atoms in total. The van der Waals surface area contributed by atoms with Crippen LogP contribution in [0.2, 0.25) is 0 Å². The van der Waals surface area contributed by atoms with E-state index in [-0.39, 0.29) is 11.3 Å². The third kappa shape index (κ3) is 2.29. The van der Waals surface area contributed by atoms with Gasteiger partial charge in [0.2, 0.25) is 5.78 Å². The first kappa shape index (κ1) is 13.8. The van der Waals surface area contributed by atoms with Gasteiger partial charge in [0, 0.05) is 0 Å². The lowest BCUT2D eigenvalue weighted by atomic mass is 9.96. The number of rotatable bonds is 3. The van der Waals surface area contributed by atoms with Gasteiger partial charge in [0.25, 0.3) is 5.91 Å². The van der Waals surface area contributed by atoms with Gasteiger partial charge in [0.1, 0.15) is 11.7 Å². The second kappa shape index (κ2) is 4.79. The number of hydrogen-bond acceptors (Lipinski definition) is 5. The van der Waals surface area contributed by atoms with Crippen molar-refractivity contribution in [3.63, 3.8) is 0 Å². The fourth-order valence-corrected chi connectivity index (χ4v) is 2.12. The number of aliphatic hydroxyl groups is 2. The van der Waals surface area contributed by atoms with E-state index in [1.807, 2.05) is 6.92 Å². The van der Waals surface area contributed by atoms with Crippen LogP contribution in [0, 0.1) is 0 Å². The number of ether oxygens (including phenoxy) is 1. The van der Waals surface area contributed by atoms with Crippen LogP contribution in [0.15, 0.2) is 23.5 Å². The number of allylic oxidation sites excluding steroid dienone is 1. The zero-order chi connectivity index (χ0) is 14.2. The number of aliphatic hydroxyl groups excluding tert-OH is 1. The number of carbonyl (C=O) groups excluding carboxylic acids is 2. The van der Waals surface area contributed by atoms with Crippen LogP contribution in [0.5, 0.6) is 0 Å². The zero-order valence-electron chi connectivity index (χ0n) is 10.8. The highest BCUT2D eigenvalue weighted by atomic mass is 16.5. The minimum Gasteiger partial charge on any atom is -0.481 e. The molecule has 104 valence electrons. The summed E-state index contributed by atoms with van der Waals surface area (Å²) >= 11 is 0. The summed E-state index contributed by atoms with van der Waals surface area (Å²) in [6.07, 6.45) is 2.79. The lowest BCUT2D eigenvalue weighted by Gasteiger charge is -2.30. The largest absolute Gasteiger partial charge is 0.481 e. The molecule has 3 N–H and O–H groups in total. The topological polar surface area (TPSA) is 95.9 Å². The van der Waals surface area contributed by atoms with Gasteiger partial charge in [-0.1, -0.05) is 19.4 Å². The monoisotopic (exact) mass is 267 g/mol. The Balaban J connectivity index is 2.31. The Bertz CT molecular complexity index is 477. The molecule has 0 bridgehead atoms. The van der Waals surface area contributed by atoms with Gasteiger partial charge in [-0.15, -0.1) is 0 Å². The highest BCUT2D eigenvalue weighted by Gasteiger charge is 2.51. The SMILES string of the molecule is CCCC=C[C@H]1OC2=C(C(=O)NC2(C)O)C(=O)[C@@H]1O. The second-order valence-electron chi connectivity index (χ2n) is 4.84. The first-order valence-corrected chi connectivity index (χ1v) is 6.23. The minimum atomic E-state index is -1.71. The molecule has 0 aromatic heterocycles. The first-order chi connectivity index (χ1) is 8.88. The molecule has 2 aliphatic rings. The van der Waals surface area contributed by atoms with Crippen LogP contribution in [-0.2, 0) is 14.3 Å². The lowest BCUT2D eigenvalue weighted by Crippen LogP contribution is -2.44. The Kier molecular flexibility index (Phi) is 3.47. The van der Waals surface area contributed by atoms with E-state index in [1.165, 1.54) is 6.92 Å². The standard InChI is InChI=1S/C13H17NO5/c1-3-4-5-6-7-9(15)10(16)8-11(19-7)13(2,18)14-12(8)17/h5-7,9,15,18H,3-4H2,1-2H3,(H,14,17)/t7-,9-,13?/m1/s1. The summed E-state index contributed by atoms with van der Waals surface area (Å²) in [6.45, 7) is 3.32. The minimum absolute atomic E-state index is 0.112. The van der Waals surface area contributed by atoms with Gasteiger partial charge in [-0.05, 0) is 19.4 Å². The third-order valence-electron chi connectivity index (χ3n) is 3.11. The maximum atomic E-state index is 12.0. The van der Waals surface area contributed by atoms with Crippen molar-refractivity contribution in [3.05, 3.63) is 23.5 Å². The van der Waals surface area contributed by atoms with Gasteiger partial charge in [-0.25, -0.2) is 0 Å². The van der Waals surface area contributed by atoms with Gasteiger partial charge >= 0.3 is 0 Å². The van der Waals surface area contributed by atoms with Crippen molar-refractivity contribution in [2.24, 2.45) is 0 Å². The average Bonchev–Trinajstić information content (AvgIpc) is 2.55. The van der Waals surface area contributed by atoms with Gasteiger partial charge in [0.15, 0.2) is 17.6 Å². The molecule has 0 saturated carbocycles. The number of hydrogen-bond donors (Lipinski definition) is 3. The molecular formula is C13H17NO5. The summed E-state index contributed by atoms with van der Waals surface area (Å²) in [5.74, 6) is -1.55. The third-order valence-corrected chi connectivity index (χ3v) is 3.11. The molecule has 19 heavy (non-hydrogen) atoms. The van der Waals surface area contributed by atoms with Crippen LogP contribution in [0.4, 0.5) is 0 Å². The molecule has 0 aromatic carbocycles. The van der Waals surface area contributed by atoms with E-state index in [4.69, 9.17) is 4.74 Å². The van der Waals surface area contributed by atoms with E-state index in [0.717, 1.165) is 12.8 Å². The number of Topliss-reactive ketones (excluding diaryl/α,β-unsaturated/α-hetero) is 1. The fourth-order valence-electron chi connectivity index (χ4n) is 2.12. The molecule has 0 fully saturated rings. The van der Waals surface area contributed by atoms with E-state index in [9.17, 15) is 19.8 Å². The molecule has 2 aliphatic heterocycles. The van der Waals surface area contributed by atoms with Gasteiger partial charge in [-0.3, -0.25) is 9.59 Å². The van der Waals surface area contributed by atoms with E-state index in [2.05, 4.69) is 5.32 Å². The quantitative estimate of drug-likeness (QED) is 0.484. The number of nitrogens with one attached hydrogen (secondary N) is 1. The summed E-state index contributed by atoms with van der Waals surface area (Å²) in [4.78, 5) is 23.5. The molecule has 6 heteroatoms. The van der Waals surface area contributed by atoms with Gasteiger partial charge in [-0.2, -0.15) is 0 Å². The van der Waals surface area contributed by atoms with E-state index < -0.39 is 29.6 Å². The molecule has 0 aromatic rings. The van der Waals surface area contributed by atoms with Crippen LogP contribution in [-0.4, -0.2) is 39.8 Å². The van der Waals surface area contributed by atoms with E-state index >= 15 is 0 Å². The summed E-state index contributed by atoms with van der Waals surface area (Å²) < 4.78 is 5.41. The molecule has 1 amide bonds. The summed E-state index contributed by atoms with van der Waals surface area (Å²) in [5.41, 5.74) is -2.00. The maximum absolute atomic E-state index is 12.0. The maximum Gasteiger partial charge on any atom is 0.261 e. The molecule has 0 saturated heterocycles. The average molecular weight is 267 g/mol. The van der Waals surface area contributed by atoms with Crippen molar-refractivity contribution >= 4 is 11.7 Å². The molecular weight excluding hydrogens is 250 g/mol. The molecule has 2 rings (SSSR count). The number of unbranched alkanes of at least 4 members (excludes halogenated alkanes) is 1. The highest BCUT2D eigenvalue weighted by molar-refractivity contribution is 6.23. The van der Waals surface area contributed by atoms with E-state index in [0.29, 0.717) is 0 Å². The summed E-state index contributed by atoms with van der Waals surface area (Å²) in [7, 11) is 0. The normalized spacial score (nSPS) is 34.5. The van der Waals surface area contributed by atoms with E-state index in [1.54, 1.807) is 12.2 Å². The lowest BCUT2D eigenvalue weighted by molar-refractivity contribution is -0.133. The number of carbonyl (C=O) groups is 2. The van der Waals surface area contributed by atoms with Crippen LogP contribution in [0.1, 0.15) is 26.7 Å². The molecule has 0 aliphatic carbocycles. The summed E-state index contributed by atoms with van der Waals surface area (Å²) in [6, 6.07) is 0. The number of ketones is 1. The predicted molar refractivity (Wildman–Crippen MR) is 65.7 cm³/mol. The summed E-state index contributed by atoms with van der Waals surface area (Å²) in [5, 5.41) is 22.1. The molecule has 0 radical (unpaired) electrons. The van der Waals surface area contributed by atoms with Crippen molar-refractivity contribution in [2.75, 3.05) is 0 Å². The Morgan fingerprint density at radius 1 is 1.47 bits per heavy atom. The Hall–Kier alpha value is -1.66. The molecule has 3 atom stereocenters. The smallest absolute Gasteiger partial charge is 0.261 e. The zero-order valence-corrected chi connectivity index (χ0v) is 10.8. The van der Waals surface area contributed by atoms with Crippen LogP contribution < -0.4 is 5.32 Å². The Labute approximate surface area is 110 Å². The van der Waals surface area contributed by atoms with Crippen molar-refractivity contribution in [3.8, 4) is 0 Å². The van der Waals surface area contributed by atoms with Crippen LogP contribution >= 0.6 is 0 Å². The molecule has 2 heterocycles. The molecule has 1 unspecified atom stereocenters. The van der Waals surface area contributed by atoms with Crippen molar-refractivity contribution in [2.45, 2.75) is 44.6 Å². The van der Waals surface area contributed by atoms with Gasteiger partial charge < -0.3 is 20.3 Å².